The summed E-state index contributed by atoms with van der Waals surface area (Å²) in [4.78, 5) is 22.4. The number of aliphatic hydroxyl groups is 1. The smallest absolute Gasteiger partial charge is 0.162 e. The Morgan fingerprint density at radius 1 is 1.46 bits per heavy atom. The zero-order valence-corrected chi connectivity index (χ0v) is 7.96. The van der Waals surface area contributed by atoms with Crippen LogP contribution in [0, 0.1) is 5.92 Å². The lowest BCUT2D eigenvalue weighted by Crippen LogP contribution is -2.21. The van der Waals surface area contributed by atoms with E-state index in [-0.39, 0.29) is 17.3 Å². The van der Waals surface area contributed by atoms with Gasteiger partial charge in [-0.3, -0.25) is 9.59 Å². The minimum atomic E-state index is -0.451. The first kappa shape index (κ1) is 9.96. The van der Waals surface area contributed by atoms with Gasteiger partial charge in [0, 0.05) is 24.3 Å². The molecule has 1 unspecified atom stereocenters. The number of carbonyl (C=O) groups is 2. The highest BCUT2D eigenvalue weighted by atomic mass is 16.3. The van der Waals surface area contributed by atoms with E-state index in [9.17, 15) is 14.7 Å². The first-order chi connectivity index (χ1) is 6.04. The molecule has 1 N–H and O–H groups in total. The zero-order valence-electron chi connectivity index (χ0n) is 7.96. The van der Waals surface area contributed by atoms with E-state index in [4.69, 9.17) is 0 Å². The number of aliphatic hydroxyl groups excluding tert-OH is 1. The topological polar surface area (TPSA) is 54.4 Å². The summed E-state index contributed by atoms with van der Waals surface area (Å²) in [5, 5.41) is 9.47. The number of Topliss-reactive ketones (excluding diaryl/α,β-unsaturated/α-hetero) is 2. The van der Waals surface area contributed by atoms with Crippen LogP contribution in [0.4, 0.5) is 0 Å². The lowest BCUT2D eigenvalue weighted by molar-refractivity contribution is -0.123. The summed E-state index contributed by atoms with van der Waals surface area (Å²) in [5.74, 6) is -0.491. The third kappa shape index (κ3) is 1.97. The molecular weight excluding hydrogens is 168 g/mol. The Kier molecular flexibility index (Phi) is 2.86. The van der Waals surface area contributed by atoms with Crippen LogP contribution in [0.2, 0.25) is 0 Å². The van der Waals surface area contributed by atoms with E-state index in [1.165, 1.54) is 6.92 Å². The van der Waals surface area contributed by atoms with E-state index < -0.39 is 5.92 Å². The molecule has 0 amide bonds. The van der Waals surface area contributed by atoms with Crippen LogP contribution < -0.4 is 0 Å². The average Bonchev–Trinajstić information content (AvgIpc) is 2.03. The highest BCUT2D eigenvalue weighted by Gasteiger charge is 2.27. The van der Waals surface area contributed by atoms with Gasteiger partial charge < -0.3 is 5.11 Å². The van der Waals surface area contributed by atoms with E-state index in [1.54, 1.807) is 6.92 Å². The van der Waals surface area contributed by atoms with E-state index in [0.717, 1.165) is 0 Å². The maximum Gasteiger partial charge on any atom is 0.162 e. The molecule has 1 aliphatic carbocycles. The van der Waals surface area contributed by atoms with Crippen molar-refractivity contribution < 1.29 is 14.7 Å². The number of hydrogen-bond donors (Lipinski definition) is 1. The van der Waals surface area contributed by atoms with E-state index in [2.05, 4.69) is 0 Å². The van der Waals surface area contributed by atoms with Gasteiger partial charge in [0.15, 0.2) is 5.78 Å². The molecule has 0 aromatic rings. The summed E-state index contributed by atoms with van der Waals surface area (Å²) in [6.45, 7) is 3.10. The zero-order chi connectivity index (χ0) is 10.0. The van der Waals surface area contributed by atoms with Crippen LogP contribution in [-0.2, 0) is 9.59 Å². The molecule has 0 bridgehead atoms. The van der Waals surface area contributed by atoms with Crippen molar-refractivity contribution in [3.8, 4) is 0 Å². The summed E-state index contributed by atoms with van der Waals surface area (Å²) >= 11 is 0. The fourth-order valence-electron chi connectivity index (χ4n) is 1.54. The molecule has 0 radical (unpaired) electrons. The van der Waals surface area contributed by atoms with Gasteiger partial charge in [-0.25, -0.2) is 0 Å². The van der Waals surface area contributed by atoms with E-state index in [1.807, 2.05) is 0 Å². The third-order valence-corrected chi connectivity index (χ3v) is 2.47. The summed E-state index contributed by atoms with van der Waals surface area (Å²) in [6.07, 6.45) is 1.68. The number of rotatable bonds is 2. The van der Waals surface area contributed by atoms with Gasteiger partial charge in [0.05, 0.1) is 5.76 Å². The van der Waals surface area contributed by atoms with Gasteiger partial charge in [0.25, 0.3) is 0 Å². The van der Waals surface area contributed by atoms with Gasteiger partial charge in [-0.2, -0.15) is 0 Å². The van der Waals surface area contributed by atoms with Gasteiger partial charge >= 0.3 is 0 Å². The molecule has 0 saturated carbocycles. The standard InChI is InChI=1S/C10H14O3/c1-6(7(2)11)10-8(12)4-3-5-9(10)13/h6,12H,3-5H2,1-2H3. The molecule has 3 nitrogen and oxygen atoms in total. The summed E-state index contributed by atoms with van der Waals surface area (Å²) in [6, 6.07) is 0. The van der Waals surface area contributed by atoms with Crippen LogP contribution in [0.5, 0.6) is 0 Å². The van der Waals surface area contributed by atoms with Crippen LogP contribution in [0.3, 0.4) is 0 Å². The predicted octanol–water partition coefficient (Wildman–Crippen LogP) is 1.78. The van der Waals surface area contributed by atoms with Crippen molar-refractivity contribution in [2.24, 2.45) is 5.92 Å². The molecule has 0 heterocycles. The molecule has 13 heavy (non-hydrogen) atoms. The normalized spacial score (nSPS) is 20.3. The molecule has 0 aromatic carbocycles. The molecule has 0 saturated heterocycles. The Bertz CT molecular complexity index is 276. The summed E-state index contributed by atoms with van der Waals surface area (Å²) < 4.78 is 0. The maximum atomic E-state index is 11.4. The minimum Gasteiger partial charge on any atom is -0.512 e. The van der Waals surface area contributed by atoms with Crippen LogP contribution in [0.15, 0.2) is 11.3 Å². The quantitative estimate of drug-likeness (QED) is 0.708. The van der Waals surface area contributed by atoms with E-state index in [0.29, 0.717) is 24.8 Å². The highest BCUT2D eigenvalue weighted by Crippen LogP contribution is 2.26. The van der Waals surface area contributed by atoms with Crippen molar-refractivity contribution in [3.63, 3.8) is 0 Å². The van der Waals surface area contributed by atoms with Gasteiger partial charge in [-0.15, -0.1) is 0 Å². The van der Waals surface area contributed by atoms with Gasteiger partial charge in [0.2, 0.25) is 0 Å². The summed E-state index contributed by atoms with van der Waals surface area (Å²) in [5.41, 5.74) is 0.332. The van der Waals surface area contributed by atoms with Crippen molar-refractivity contribution in [3.05, 3.63) is 11.3 Å². The average molecular weight is 182 g/mol. The third-order valence-electron chi connectivity index (χ3n) is 2.47. The van der Waals surface area contributed by atoms with Gasteiger partial charge in [-0.05, 0) is 13.3 Å². The predicted molar refractivity (Wildman–Crippen MR) is 48.4 cm³/mol. The SMILES string of the molecule is CC(=O)C(C)C1=C(O)CCCC1=O. The molecule has 0 fully saturated rings. The van der Waals surface area contributed by atoms with Crippen LogP contribution in [-0.4, -0.2) is 16.7 Å². The van der Waals surface area contributed by atoms with Crippen LogP contribution >= 0.6 is 0 Å². The number of allylic oxidation sites excluding steroid dienone is 2. The fraction of sp³-hybridized carbons (Fsp3) is 0.600. The second-order valence-corrected chi connectivity index (χ2v) is 3.47. The molecule has 72 valence electrons. The molecule has 0 spiro atoms. The minimum absolute atomic E-state index is 0.0724. The van der Waals surface area contributed by atoms with Crippen molar-refractivity contribution >= 4 is 11.6 Å². The molecular formula is C10H14O3. The Morgan fingerprint density at radius 2 is 2.08 bits per heavy atom. The van der Waals surface area contributed by atoms with Crippen molar-refractivity contribution in [2.45, 2.75) is 33.1 Å². The molecule has 1 aliphatic rings. The van der Waals surface area contributed by atoms with Crippen LogP contribution in [0.25, 0.3) is 0 Å². The highest BCUT2D eigenvalue weighted by molar-refractivity contribution is 6.02. The van der Waals surface area contributed by atoms with Gasteiger partial charge in [-0.1, -0.05) is 6.92 Å². The Labute approximate surface area is 77.4 Å². The molecule has 1 rings (SSSR count). The first-order valence-corrected chi connectivity index (χ1v) is 4.49. The van der Waals surface area contributed by atoms with Crippen molar-refractivity contribution in [1.82, 2.24) is 0 Å². The maximum absolute atomic E-state index is 11.4. The molecule has 0 aliphatic heterocycles. The van der Waals surface area contributed by atoms with Crippen LogP contribution in [0.1, 0.15) is 33.1 Å². The number of ketones is 2. The van der Waals surface area contributed by atoms with Crippen molar-refractivity contribution in [1.29, 1.82) is 0 Å². The number of hydrogen-bond acceptors (Lipinski definition) is 3. The Morgan fingerprint density at radius 3 is 2.54 bits per heavy atom. The second-order valence-electron chi connectivity index (χ2n) is 3.47. The Hall–Kier alpha value is -1.12. The Balaban J connectivity index is 2.98. The fourth-order valence-corrected chi connectivity index (χ4v) is 1.54. The summed E-state index contributed by atoms with van der Waals surface area (Å²) in [7, 11) is 0. The van der Waals surface area contributed by atoms with E-state index >= 15 is 0 Å². The lowest BCUT2D eigenvalue weighted by atomic mass is 9.86. The molecule has 0 aromatic heterocycles. The largest absolute Gasteiger partial charge is 0.512 e. The first-order valence-electron chi connectivity index (χ1n) is 4.49. The lowest BCUT2D eigenvalue weighted by Gasteiger charge is -2.18. The second kappa shape index (κ2) is 3.73. The molecule has 3 heteroatoms. The number of carbonyl (C=O) groups excluding carboxylic acids is 2. The van der Waals surface area contributed by atoms with Crippen molar-refractivity contribution in [2.75, 3.05) is 0 Å². The monoisotopic (exact) mass is 182 g/mol. The van der Waals surface area contributed by atoms with Gasteiger partial charge in [0.1, 0.15) is 5.78 Å². The molecule has 1 atom stereocenters.